The third kappa shape index (κ3) is 63.7. The van der Waals surface area contributed by atoms with Crippen molar-refractivity contribution in [3.8, 4) is 0 Å². The highest BCUT2D eigenvalue weighted by Crippen LogP contribution is 2.38. The summed E-state index contributed by atoms with van der Waals surface area (Å²) in [6, 6.07) is 0. The molecule has 2 unspecified atom stereocenters. The highest BCUT2D eigenvalue weighted by Gasteiger charge is 2.22. The van der Waals surface area contributed by atoms with E-state index in [1.54, 1.807) is 0 Å². The third-order valence-electron chi connectivity index (χ3n) is 13.6. The molecule has 0 heterocycles. The standard InChI is InChI=1S/C69H120NO8P/c1-6-8-10-12-14-16-18-20-22-24-25-26-27-28-29-30-31-32-33-34-35-36-37-38-39-40-41-42-43-44-45-46-48-50-52-54-56-58-60-62-69(72)78-67(66-77-79(73,74)76-64-63-70(3,4)5)65-75-68(71)61-59-57-55-53-51-49-47-23-21-19-17-15-13-11-9-7-2/h8,10,14,16,20,22,25-26,28-29,31-32,34-35,37-38,40-41,67H,6-7,9,11-13,15,17-19,21,23-24,27,30,33,36,39,42-66H2,1-5H3/b10-8-,16-14-,22-20-,26-25-,29-28-,32-31-,35-34-,38-37-,41-40-. The number of phosphoric acid groups is 1. The molecule has 9 nitrogen and oxygen atoms in total. The molecular formula is C69H120NO8P. The van der Waals surface area contributed by atoms with Crippen LogP contribution in [-0.2, 0) is 32.7 Å². The minimum atomic E-state index is -4.64. The molecule has 0 amide bonds. The van der Waals surface area contributed by atoms with E-state index in [2.05, 4.69) is 123 Å². The third-order valence-corrected chi connectivity index (χ3v) is 14.5. The molecule has 0 rings (SSSR count). The van der Waals surface area contributed by atoms with Crippen LogP contribution in [0.1, 0.15) is 264 Å². The number of phosphoric ester groups is 1. The summed E-state index contributed by atoms with van der Waals surface area (Å²) in [6.07, 6.45) is 82.9. The number of hydrogen-bond donors (Lipinski definition) is 0. The molecular weight excluding hydrogens is 1000 g/mol. The predicted octanol–water partition coefficient (Wildman–Crippen LogP) is 19.9. The van der Waals surface area contributed by atoms with Gasteiger partial charge in [0.1, 0.15) is 19.8 Å². The van der Waals surface area contributed by atoms with E-state index >= 15 is 0 Å². The molecule has 0 fully saturated rings. The van der Waals surface area contributed by atoms with Crippen molar-refractivity contribution < 1.29 is 42.1 Å². The van der Waals surface area contributed by atoms with E-state index < -0.39 is 26.5 Å². The molecule has 454 valence electrons. The molecule has 10 heteroatoms. The van der Waals surface area contributed by atoms with Gasteiger partial charge in [0.15, 0.2) is 6.10 Å². The zero-order valence-electron chi connectivity index (χ0n) is 51.5. The van der Waals surface area contributed by atoms with Crippen LogP contribution in [0, 0.1) is 0 Å². The summed E-state index contributed by atoms with van der Waals surface area (Å²) in [5.41, 5.74) is 0. The van der Waals surface area contributed by atoms with Crippen LogP contribution in [0.5, 0.6) is 0 Å². The molecule has 0 bridgehead atoms. The van der Waals surface area contributed by atoms with E-state index in [9.17, 15) is 19.0 Å². The van der Waals surface area contributed by atoms with Crippen molar-refractivity contribution in [1.29, 1.82) is 0 Å². The summed E-state index contributed by atoms with van der Waals surface area (Å²) in [4.78, 5) is 37.9. The zero-order chi connectivity index (χ0) is 57.7. The summed E-state index contributed by atoms with van der Waals surface area (Å²) in [7, 11) is 1.16. The van der Waals surface area contributed by atoms with E-state index in [0.29, 0.717) is 17.4 Å². The summed E-state index contributed by atoms with van der Waals surface area (Å²) < 4.78 is 34.2. The largest absolute Gasteiger partial charge is 0.756 e. The molecule has 0 aromatic carbocycles. The number of rotatable bonds is 58. The van der Waals surface area contributed by atoms with Crippen molar-refractivity contribution in [2.45, 2.75) is 270 Å². The topological polar surface area (TPSA) is 111 Å². The first-order chi connectivity index (χ1) is 38.5. The lowest BCUT2D eigenvalue weighted by atomic mass is 10.0. The van der Waals surface area contributed by atoms with Crippen LogP contribution in [-0.4, -0.2) is 70.0 Å². The molecule has 0 aliphatic carbocycles. The average molecular weight is 1120 g/mol. The molecule has 0 aromatic heterocycles. The van der Waals surface area contributed by atoms with Crippen LogP contribution in [0.15, 0.2) is 109 Å². The zero-order valence-corrected chi connectivity index (χ0v) is 52.4. The SMILES string of the molecule is CC/C=C\C/C=C\C/C=C\C/C=C\C/C=C\C/C=C\C/C=C\C/C=C\C/C=C\CCCCCCCCCCCCCC(=O)OC(COC(=O)CCCCCCCCCCCCCCCCCC)COP(=O)([O-])OCC[N+](C)(C)C. The van der Waals surface area contributed by atoms with Crippen LogP contribution in [0.2, 0.25) is 0 Å². The highest BCUT2D eigenvalue weighted by molar-refractivity contribution is 7.45. The highest BCUT2D eigenvalue weighted by atomic mass is 31.2. The number of esters is 2. The fourth-order valence-corrected chi connectivity index (χ4v) is 9.38. The van der Waals surface area contributed by atoms with E-state index in [1.165, 1.54) is 128 Å². The normalized spacial score (nSPS) is 13.9. The van der Waals surface area contributed by atoms with Crippen LogP contribution in [0.3, 0.4) is 0 Å². The fourth-order valence-electron chi connectivity index (χ4n) is 8.65. The second-order valence-corrected chi connectivity index (χ2v) is 23.8. The molecule has 0 aliphatic rings. The van der Waals surface area contributed by atoms with Gasteiger partial charge in [-0.25, -0.2) is 0 Å². The number of unbranched alkanes of at least 4 members (excludes halogenated alkanes) is 26. The molecule has 79 heavy (non-hydrogen) atoms. The average Bonchev–Trinajstić information content (AvgIpc) is 3.41. The Morgan fingerprint density at radius 1 is 0.405 bits per heavy atom. The minimum absolute atomic E-state index is 0.0339. The van der Waals surface area contributed by atoms with Crippen molar-refractivity contribution in [1.82, 2.24) is 0 Å². The van der Waals surface area contributed by atoms with Gasteiger partial charge in [-0.05, 0) is 83.5 Å². The Bertz CT molecular complexity index is 1700. The van der Waals surface area contributed by atoms with Gasteiger partial charge >= 0.3 is 11.9 Å². The van der Waals surface area contributed by atoms with Gasteiger partial charge in [0.2, 0.25) is 0 Å². The van der Waals surface area contributed by atoms with Crippen LogP contribution >= 0.6 is 7.82 Å². The molecule has 0 saturated heterocycles. The Kier molecular flexibility index (Phi) is 56.8. The first kappa shape index (κ1) is 75.7. The second kappa shape index (κ2) is 59.3. The van der Waals surface area contributed by atoms with Gasteiger partial charge in [0.25, 0.3) is 7.82 Å². The van der Waals surface area contributed by atoms with E-state index in [4.69, 9.17) is 18.5 Å². The molecule has 2 atom stereocenters. The molecule has 0 spiro atoms. The number of quaternary nitrogens is 1. The number of carbonyl (C=O) groups excluding carboxylic acids is 2. The molecule has 0 N–H and O–H groups in total. The van der Waals surface area contributed by atoms with Gasteiger partial charge in [0.05, 0.1) is 27.7 Å². The van der Waals surface area contributed by atoms with Gasteiger partial charge < -0.3 is 27.9 Å². The lowest BCUT2D eigenvalue weighted by molar-refractivity contribution is -0.870. The number of likely N-dealkylation sites (N-methyl/N-ethyl adjacent to an activating group) is 1. The van der Waals surface area contributed by atoms with E-state index in [-0.39, 0.29) is 32.0 Å². The minimum Gasteiger partial charge on any atom is -0.756 e. The number of ether oxygens (including phenoxy) is 2. The first-order valence-corrected chi connectivity index (χ1v) is 33.6. The predicted molar refractivity (Wildman–Crippen MR) is 337 cm³/mol. The quantitative estimate of drug-likeness (QED) is 0.0195. The second-order valence-electron chi connectivity index (χ2n) is 22.4. The molecule has 0 aliphatic heterocycles. The lowest BCUT2D eigenvalue weighted by Crippen LogP contribution is -2.37. The number of allylic oxidation sites excluding steroid dienone is 18. The first-order valence-electron chi connectivity index (χ1n) is 32.1. The van der Waals surface area contributed by atoms with Crippen LogP contribution in [0.4, 0.5) is 0 Å². The Balaban J connectivity index is 4.07. The van der Waals surface area contributed by atoms with Crippen molar-refractivity contribution >= 4 is 19.8 Å². The summed E-state index contributed by atoms with van der Waals surface area (Å²) in [5.74, 6) is -0.833. The Morgan fingerprint density at radius 3 is 1.08 bits per heavy atom. The van der Waals surface area contributed by atoms with E-state index in [1.807, 2.05) is 21.1 Å². The van der Waals surface area contributed by atoms with Crippen molar-refractivity contribution in [3.05, 3.63) is 109 Å². The van der Waals surface area contributed by atoms with Crippen molar-refractivity contribution in [2.75, 3.05) is 47.5 Å². The van der Waals surface area contributed by atoms with Crippen molar-refractivity contribution in [2.24, 2.45) is 0 Å². The van der Waals surface area contributed by atoms with Crippen LogP contribution in [0.25, 0.3) is 0 Å². The lowest BCUT2D eigenvalue weighted by Gasteiger charge is -2.28. The molecule has 0 saturated carbocycles. The Labute approximate surface area is 486 Å². The van der Waals surface area contributed by atoms with Gasteiger partial charge in [-0.1, -0.05) is 277 Å². The Morgan fingerprint density at radius 2 is 0.722 bits per heavy atom. The van der Waals surface area contributed by atoms with Gasteiger partial charge in [-0.3, -0.25) is 14.2 Å². The summed E-state index contributed by atoms with van der Waals surface area (Å²) in [5, 5.41) is 0. The monoisotopic (exact) mass is 1120 g/mol. The smallest absolute Gasteiger partial charge is 0.306 e. The van der Waals surface area contributed by atoms with Gasteiger partial charge in [0, 0.05) is 12.8 Å². The maximum absolute atomic E-state index is 12.8. The molecule has 0 aromatic rings. The number of nitrogens with zero attached hydrogens (tertiary/aromatic N) is 1. The maximum atomic E-state index is 12.8. The van der Waals surface area contributed by atoms with E-state index in [0.717, 1.165) is 103 Å². The number of hydrogen-bond acceptors (Lipinski definition) is 8. The summed E-state index contributed by atoms with van der Waals surface area (Å²) in [6.45, 7) is 4.14. The fraction of sp³-hybridized carbons (Fsp3) is 0.710. The maximum Gasteiger partial charge on any atom is 0.306 e. The summed E-state index contributed by atoms with van der Waals surface area (Å²) >= 11 is 0. The van der Waals surface area contributed by atoms with Crippen LogP contribution < -0.4 is 4.89 Å². The van der Waals surface area contributed by atoms with Gasteiger partial charge in [-0.2, -0.15) is 0 Å². The van der Waals surface area contributed by atoms with Crippen molar-refractivity contribution in [3.63, 3.8) is 0 Å². The Hall–Kier alpha value is -3.33. The molecule has 0 radical (unpaired) electrons. The number of carbonyl (C=O) groups is 2. The van der Waals surface area contributed by atoms with Gasteiger partial charge in [-0.15, -0.1) is 0 Å².